The normalized spacial score (nSPS) is 12.7. The molecule has 96 valence electrons. The van der Waals surface area contributed by atoms with Gasteiger partial charge in [-0.05, 0) is 22.3 Å². The van der Waals surface area contributed by atoms with Crippen LogP contribution in [0.25, 0.3) is 11.1 Å². The summed E-state index contributed by atoms with van der Waals surface area (Å²) in [7, 11) is 0. The second kappa shape index (κ2) is 4.94. The highest BCUT2D eigenvalue weighted by Gasteiger charge is 2.29. The van der Waals surface area contributed by atoms with Gasteiger partial charge in [0.05, 0.1) is 0 Å². The third-order valence-corrected chi connectivity index (χ3v) is 3.52. The molecular formula is C15H11ClO3. The molecule has 0 heterocycles. The smallest absolute Gasteiger partial charge is 0.432 e. The zero-order valence-electron chi connectivity index (χ0n) is 10.0. The van der Waals surface area contributed by atoms with Gasteiger partial charge in [-0.2, -0.15) is 0 Å². The molecule has 1 aliphatic carbocycles. The van der Waals surface area contributed by atoms with Crippen molar-refractivity contribution in [2.24, 2.45) is 0 Å². The average molecular weight is 275 g/mol. The maximum atomic E-state index is 11.0. The van der Waals surface area contributed by atoms with E-state index in [0.29, 0.717) is 0 Å². The van der Waals surface area contributed by atoms with Gasteiger partial charge in [0.1, 0.15) is 18.5 Å². The summed E-state index contributed by atoms with van der Waals surface area (Å²) >= 11 is 4.96. The lowest BCUT2D eigenvalue weighted by Crippen LogP contribution is -2.11. The fourth-order valence-corrected chi connectivity index (χ4v) is 2.66. The molecule has 2 aromatic rings. The van der Waals surface area contributed by atoms with Crippen molar-refractivity contribution in [3.8, 4) is 11.1 Å². The number of hydrogen-bond acceptors (Lipinski definition) is 3. The lowest BCUT2D eigenvalue weighted by molar-refractivity contribution is 0.100. The quantitative estimate of drug-likeness (QED) is 0.773. The Morgan fingerprint density at radius 1 is 1.00 bits per heavy atom. The van der Waals surface area contributed by atoms with Gasteiger partial charge in [-0.25, -0.2) is 4.79 Å². The first-order chi connectivity index (χ1) is 9.31. The average Bonchev–Trinajstić information content (AvgIpc) is 2.79. The molecule has 0 radical (unpaired) electrons. The minimum Gasteiger partial charge on any atom is -0.432 e. The van der Waals surface area contributed by atoms with Crippen LogP contribution in [0.5, 0.6) is 0 Å². The van der Waals surface area contributed by atoms with Crippen LogP contribution < -0.4 is 0 Å². The highest BCUT2D eigenvalue weighted by Crippen LogP contribution is 2.44. The van der Waals surface area contributed by atoms with Crippen molar-refractivity contribution in [2.75, 3.05) is 6.61 Å². The van der Waals surface area contributed by atoms with E-state index in [0.717, 1.165) is 11.1 Å². The van der Waals surface area contributed by atoms with Gasteiger partial charge >= 0.3 is 6.16 Å². The fourth-order valence-electron chi connectivity index (χ4n) is 2.61. The molecule has 0 bridgehead atoms. The summed E-state index contributed by atoms with van der Waals surface area (Å²) in [5.41, 5.74) is 4.69. The molecule has 0 N–H and O–H groups in total. The van der Waals surface area contributed by atoms with Crippen molar-refractivity contribution >= 4 is 18.0 Å². The second-order valence-corrected chi connectivity index (χ2v) is 4.52. The molecule has 0 saturated carbocycles. The zero-order valence-corrected chi connectivity index (χ0v) is 10.8. The van der Waals surface area contributed by atoms with Crippen LogP contribution in [0.3, 0.4) is 0 Å². The van der Waals surface area contributed by atoms with Gasteiger partial charge in [0.2, 0.25) is 0 Å². The molecule has 0 atom stereocenters. The minimum atomic E-state index is -0.872. The predicted octanol–water partition coefficient (Wildman–Crippen LogP) is 4.11. The Morgan fingerprint density at radius 2 is 1.53 bits per heavy atom. The molecule has 0 saturated heterocycles. The molecular weight excluding hydrogens is 264 g/mol. The molecule has 1 aliphatic rings. The van der Waals surface area contributed by atoms with Crippen molar-refractivity contribution < 1.29 is 13.8 Å². The summed E-state index contributed by atoms with van der Waals surface area (Å²) in [6.07, 6.45) is -0.872. The molecule has 3 rings (SSSR count). The zero-order chi connectivity index (χ0) is 13.2. The van der Waals surface area contributed by atoms with E-state index >= 15 is 0 Å². The van der Waals surface area contributed by atoms with E-state index in [1.807, 2.05) is 24.3 Å². The Balaban J connectivity index is 1.98. The van der Waals surface area contributed by atoms with Gasteiger partial charge in [-0.3, -0.25) is 0 Å². The van der Waals surface area contributed by atoms with Gasteiger partial charge in [0.25, 0.3) is 0 Å². The number of carbonyl (C=O) groups excluding carboxylic acids is 1. The van der Waals surface area contributed by atoms with E-state index in [1.165, 1.54) is 11.1 Å². The van der Waals surface area contributed by atoms with Crippen LogP contribution >= 0.6 is 11.9 Å². The molecule has 0 unspecified atom stereocenters. The molecule has 3 nitrogen and oxygen atoms in total. The molecule has 0 aromatic heterocycles. The Bertz CT molecular complexity index is 579. The molecule has 0 fully saturated rings. The molecule has 2 aromatic carbocycles. The molecule has 19 heavy (non-hydrogen) atoms. The fraction of sp³-hybridized carbons (Fsp3) is 0.133. The van der Waals surface area contributed by atoms with Crippen LogP contribution in [0.15, 0.2) is 48.5 Å². The van der Waals surface area contributed by atoms with Crippen LogP contribution in [-0.4, -0.2) is 12.8 Å². The van der Waals surface area contributed by atoms with E-state index in [2.05, 4.69) is 28.6 Å². The lowest BCUT2D eigenvalue weighted by Gasteiger charge is -2.12. The van der Waals surface area contributed by atoms with E-state index < -0.39 is 6.16 Å². The maximum absolute atomic E-state index is 11.0. The van der Waals surface area contributed by atoms with Crippen LogP contribution in [0.4, 0.5) is 4.79 Å². The van der Waals surface area contributed by atoms with Crippen molar-refractivity contribution in [3.05, 3.63) is 59.7 Å². The van der Waals surface area contributed by atoms with E-state index in [1.54, 1.807) is 0 Å². The first kappa shape index (κ1) is 12.1. The second-order valence-electron chi connectivity index (χ2n) is 4.37. The first-order valence-corrected chi connectivity index (χ1v) is 6.25. The number of carbonyl (C=O) groups is 1. The van der Waals surface area contributed by atoms with E-state index in [-0.39, 0.29) is 12.5 Å². The molecule has 4 heteroatoms. The summed E-state index contributed by atoms with van der Waals surface area (Å²) in [6.45, 7) is 0.222. The summed E-state index contributed by atoms with van der Waals surface area (Å²) < 4.78 is 8.99. The molecule has 0 spiro atoms. The molecule has 0 amide bonds. The van der Waals surface area contributed by atoms with Crippen LogP contribution in [-0.2, 0) is 9.03 Å². The summed E-state index contributed by atoms with van der Waals surface area (Å²) in [4.78, 5) is 11.0. The maximum Gasteiger partial charge on any atom is 0.526 e. The predicted molar refractivity (Wildman–Crippen MR) is 72.0 cm³/mol. The van der Waals surface area contributed by atoms with Gasteiger partial charge in [-0.1, -0.05) is 48.5 Å². The van der Waals surface area contributed by atoms with Crippen molar-refractivity contribution in [3.63, 3.8) is 0 Å². The number of ether oxygens (including phenoxy) is 1. The summed E-state index contributed by atoms with van der Waals surface area (Å²) in [5, 5.41) is 0. The molecule has 0 aliphatic heterocycles. The minimum absolute atomic E-state index is 0.0307. The number of hydrogen-bond donors (Lipinski definition) is 0. The van der Waals surface area contributed by atoms with E-state index in [9.17, 15) is 4.79 Å². The third kappa shape index (κ3) is 2.06. The summed E-state index contributed by atoms with van der Waals surface area (Å²) in [6, 6.07) is 16.2. The Morgan fingerprint density at radius 3 is 2.05 bits per heavy atom. The monoisotopic (exact) mass is 274 g/mol. The highest BCUT2D eigenvalue weighted by molar-refractivity contribution is 6.12. The van der Waals surface area contributed by atoms with Gasteiger partial charge in [0, 0.05) is 5.92 Å². The number of fused-ring (bicyclic) bond motifs is 3. The SMILES string of the molecule is O=C(OCl)OCC1c2ccccc2-c2ccccc21. The van der Waals surface area contributed by atoms with Crippen LogP contribution in [0, 0.1) is 0 Å². The summed E-state index contributed by atoms with van der Waals surface area (Å²) in [5.74, 6) is 0.0307. The van der Waals surface area contributed by atoms with Crippen molar-refractivity contribution in [2.45, 2.75) is 5.92 Å². The van der Waals surface area contributed by atoms with Crippen molar-refractivity contribution in [1.29, 1.82) is 0 Å². The topological polar surface area (TPSA) is 35.5 Å². The lowest BCUT2D eigenvalue weighted by atomic mass is 9.98. The standard InChI is InChI=1S/C15H11ClO3/c16-19-15(17)18-9-14-12-7-3-1-5-10(12)11-6-2-4-8-13(11)14/h1-8,14H,9H2. The Labute approximate surface area is 115 Å². The number of benzene rings is 2. The largest absolute Gasteiger partial charge is 0.526 e. The Hall–Kier alpha value is -2.00. The third-order valence-electron chi connectivity index (χ3n) is 3.39. The highest BCUT2D eigenvalue weighted by atomic mass is 35.5. The van der Waals surface area contributed by atoms with Gasteiger partial charge < -0.3 is 9.03 Å². The van der Waals surface area contributed by atoms with Gasteiger partial charge in [-0.15, -0.1) is 0 Å². The first-order valence-electron chi connectivity index (χ1n) is 5.95. The van der Waals surface area contributed by atoms with Crippen molar-refractivity contribution in [1.82, 2.24) is 0 Å². The number of rotatable bonds is 2. The van der Waals surface area contributed by atoms with E-state index in [4.69, 9.17) is 16.6 Å². The van der Waals surface area contributed by atoms with Gasteiger partial charge in [0.15, 0.2) is 0 Å². The van der Waals surface area contributed by atoms with Crippen LogP contribution in [0.2, 0.25) is 0 Å². The number of halogens is 1. The van der Waals surface area contributed by atoms with Crippen LogP contribution in [0.1, 0.15) is 17.0 Å². The Kier molecular flexibility index (Phi) is 3.13.